The second kappa shape index (κ2) is 5.89. The Morgan fingerprint density at radius 2 is 2.11 bits per heavy atom. The van der Waals surface area contributed by atoms with Crippen molar-refractivity contribution in [1.29, 1.82) is 0 Å². The molecule has 0 radical (unpaired) electrons. The fourth-order valence-electron chi connectivity index (χ4n) is 1.76. The van der Waals surface area contributed by atoms with Crippen molar-refractivity contribution in [3.05, 3.63) is 53.1 Å². The molecule has 0 atom stereocenters. The molecule has 1 aromatic carbocycles. The Kier molecular flexibility index (Phi) is 4.22. The molecular formula is C14H15ClFN3. The molecule has 0 fully saturated rings. The largest absolute Gasteiger partial charge is 0.378 e. The summed E-state index contributed by atoms with van der Waals surface area (Å²) in [5.41, 5.74) is 2.89. The van der Waals surface area contributed by atoms with E-state index < -0.39 is 5.82 Å². The van der Waals surface area contributed by atoms with Crippen LogP contribution in [0.15, 0.2) is 36.7 Å². The Morgan fingerprint density at radius 1 is 1.32 bits per heavy atom. The molecule has 0 unspecified atom stereocenters. The van der Waals surface area contributed by atoms with Crippen LogP contribution in [-0.2, 0) is 6.54 Å². The van der Waals surface area contributed by atoms with E-state index in [1.807, 2.05) is 25.1 Å². The lowest BCUT2D eigenvalue weighted by atomic mass is 10.2. The fraction of sp³-hybridized carbons (Fsp3) is 0.214. The molecule has 2 aromatic rings. The Labute approximate surface area is 117 Å². The molecule has 0 aliphatic heterocycles. The van der Waals surface area contributed by atoms with E-state index in [0.717, 1.165) is 16.9 Å². The van der Waals surface area contributed by atoms with Crippen LogP contribution in [0.3, 0.4) is 0 Å². The first-order valence-electron chi connectivity index (χ1n) is 5.87. The third kappa shape index (κ3) is 3.35. The molecule has 1 heterocycles. The number of aromatic nitrogens is 1. The van der Waals surface area contributed by atoms with Gasteiger partial charge in [0, 0.05) is 26.8 Å². The van der Waals surface area contributed by atoms with Crippen molar-refractivity contribution in [1.82, 2.24) is 4.98 Å². The monoisotopic (exact) mass is 279 g/mol. The molecule has 0 saturated heterocycles. The summed E-state index contributed by atoms with van der Waals surface area (Å²) in [5, 5.41) is 3.41. The SMILES string of the molecule is CN(C)c1ccncc1NCc1ccc(F)c(Cl)c1. The number of anilines is 2. The second-order valence-corrected chi connectivity index (χ2v) is 4.80. The summed E-state index contributed by atoms with van der Waals surface area (Å²) in [6.45, 7) is 0.562. The maximum atomic E-state index is 13.1. The van der Waals surface area contributed by atoms with Crippen LogP contribution in [0.2, 0.25) is 5.02 Å². The molecule has 0 bridgehead atoms. The quantitative estimate of drug-likeness (QED) is 0.928. The number of halogens is 2. The summed E-state index contributed by atoms with van der Waals surface area (Å²) in [5.74, 6) is -0.402. The number of nitrogens with one attached hydrogen (secondary N) is 1. The van der Waals surface area contributed by atoms with Crippen LogP contribution in [0.4, 0.5) is 15.8 Å². The molecule has 2 rings (SSSR count). The number of nitrogens with zero attached hydrogens (tertiary/aromatic N) is 2. The van der Waals surface area contributed by atoms with Crippen molar-refractivity contribution in [3.8, 4) is 0 Å². The van der Waals surface area contributed by atoms with Gasteiger partial charge in [0.25, 0.3) is 0 Å². The zero-order valence-corrected chi connectivity index (χ0v) is 11.6. The van der Waals surface area contributed by atoms with E-state index in [-0.39, 0.29) is 5.02 Å². The van der Waals surface area contributed by atoms with Gasteiger partial charge in [-0.05, 0) is 23.8 Å². The highest BCUT2D eigenvalue weighted by Crippen LogP contribution is 2.23. The van der Waals surface area contributed by atoms with Crippen LogP contribution in [0.1, 0.15) is 5.56 Å². The summed E-state index contributed by atoms with van der Waals surface area (Å²) < 4.78 is 13.1. The molecule has 3 nitrogen and oxygen atoms in total. The highest BCUT2D eigenvalue weighted by Gasteiger charge is 2.05. The predicted octanol–water partition coefficient (Wildman–Crippen LogP) is 3.55. The summed E-state index contributed by atoms with van der Waals surface area (Å²) in [4.78, 5) is 6.10. The first kappa shape index (κ1) is 13.6. The zero-order valence-electron chi connectivity index (χ0n) is 10.8. The van der Waals surface area contributed by atoms with Gasteiger partial charge < -0.3 is 10.2 Å². The Morgan fingerprint density at radius 3 is 2.79 bits per heavy atom. The average Bonchev–Trinajstić information content (AvgIpc) is 2.40. The van der Waals surface area contributed by atoms with E-state index in [9.17, 15) is 4.39 Å². The molecular weight excluding hydrogens is 265 g/mol. The number of hydrogen-bond donors (Lipinski definition) is 1. The smallest absolute Gasteiger partial charge is 0.141 e. The fourth-order valence-corrected chi connectivity index (χ4v) is 1.96. The van der Waals surface area contributed by atoms with Gasteiger partial charge >= 0.3 is 0 Å². The minimum Gasteiger partial charge on any atom is -0.378 e. The molecule has 5 heteroatoms. The summed E-state index contributed by atoms with van der Waals surface area (Å²) >= 11 is 5.75. The van der Waals surface area contributed by atoms with Gasteiger partial charge in [0.05, 0.1) is 22.6 Å². The van der Waals surface area contributed by atoms with Gasteiger partial charge in [0.15, 0.2) is 0 Å². The number of benzene rings is 1. The maximum absolute atomic E-state index is 13.1. The Bertz CT molecular complexity index is 572. The van der Waals surface area contributed by atoms with Crippen molar-refractivity contribution in [2.24, 2.45) is 0 Å². The standard InChI is InChI=1S/C14H15ClFN3/c1-19(2)14-5-6-17-9-13(14)18-8-10-3-4-12(16)11(15)7-10/h3-7,9,18H,8H2,1-2H3. The molecule has 0 amide bonds. The van der Waals surface area contributed by atoms with Gasteiger partial charge in [-0.25, -0.2) is 4.39 Å². The van der Waals surface area contributed by atoms with Crippen LogP contribution in [0.5, 0.6) is 0 Å². The zero-order chi connectivity index (χ0) is 13.8. The number of hydrogen-bond acceptors (Lipinski definition) is 3. The third-order valence-electron chi connectivity index (χ3n) is 2.75. The molecule has 0 aliphatic rings. The molecule has 1 aromatic heterocycles. The average molecular weight is 280 g/mol. The molecule has 0 aliphatic carbocycles. The van der Waals surface area contributed by atoms with Gasteiger partial charge in [-0.1, -0.05) is 17.7 Å². The molecule has 1 N–H and O–H groups in total. The van der Waals surface area contributed by atoms with E-state index in [1.54, 1.807) is 24.5 Å². The lowest BCUT2D eigenvalue weighted by Crippen LogP contribution is -2.12. The number of rotatable bonds is 4. The first-order valence-corrected chi connectivity index (χ1v) is 6.25. The van der Waals surface area contributed by atoms with Crippen LogP contribution in [-0.4, -0.2) is 19.1 Å². The minimum atomic E-state index is -0.402. The van der Waals surface area contributed by atoms with Gasteiger partial charge in [-0.15, -0.1) is 0 Å². The third-order valence-corrected chi connectivity index (χ3v) is 3.04. The van der Waals surface area contributed by atoms with Crippen molar-refractivity contribution in [2.75, 3.05) is 24.3 Å². The molecule has 0 saturated carbocycles. The highest BCUT2D eigenvalue weighted by molar-refractivity contribution is 6.30. The van der Waals surface area contributed by atoms with Crippen molar-refractivity contribution in [2.45, 2.75) is 6.54 Å². The van der Waals surface area contributed by atoms with E-state index in [1.165, 1.54) is 6.07 Å². The topological polar surface area (TPSA) is 28.2 Å². The number of pyridine rings is 1. The van der Waals surface area contributed by atoms with Gasteiger partial charge in [-0.3, -0.25) is 4.98 Å². The van der Waals surface area contributed by atoms with Crippen LogP contribution in [0, 0.1) is 5.82 Å². The van der Waals surface area contributed by atoms with Crippen LogP contribution < -0.4 is 10.2 Å². The highest BCUT2D eigenvalue weighted by atomic mass is 35.5. The van der Waals surface area contributed by atoms with Crippen molar-refractivity contribution < 1.29 is 4.39 Å². The lowest BCUT2D eigenvalue weighted by molar-refractivity contribution is 0.627. The second-order valence-electron chi connectivity index (χ2n) is 4.39. The van der Waals surface area contributed by atoms with Gasteiger partial charge in [0.2, 0.25) is 0 Å². The molecule has 100 valence electrons. The predicted molar refractivity (Wildman–Crippen MR) is 77.3 cm³/mol. The Balaban J connectivity index is 2.12. The first-order chi connectivity index (χ1) is 9.08. The summed E-state index contributed by atoms with van der Waals surface area (Å²) in [7, 11) is 3.94. The molecule has 0 spiro atoms. The van der Waals surface area contributed by atoms with Crippen molar-refractivity contribution >= 4 is 23.0 Å². The van der Waals surface area contributed by atoms with Crippen molar-refractivity contribution in [3.63, 3.8) is 0 Å². The van der Waals surface area contributed by atoms with Crippen LogP contribution >= 0.6 is 11.6 Å². The van der Waals surface area contributed by atoms with E-state index >= 15 is 0 Å². The Hall–Kier alpha value is -1.81. The summed E-state index contributed by atoms with van der Waals surface area (Å²) in [6.07, 6.45) is 3.51. The maximum Gasteiger partial charge on any atom is 0.141 e. The summed E-state index contributed by atoms with van der Waals surface area (Å²) in [6, 6.07) is 6.63. The van der Waals surface area contributed by atoms with E-state index in [2.05, 4.69) is 10.3 Å². The molecule has 19 heavy (non-hydrogen) atoms. The van der Waals surface area contributed by atoms with E-state index in [0.29, 0.717) is 6.54 Å². The van der Waals surface area contributed by atoms with Crippen LogP contribution in [0.25, 0.3) is 0 Å². The minimum absolute atomic E-state index is 0.137. The van der Waals surface area contributed by atoms with Gasteiger partial charge in [-0.2, -0.15) is 0 Å². The lowest BCUT2D eigenvalue weighted by Gasteiger charge is -2.17. The normalized spacial score (nSPS) is 10.3. The van der Waals surface area contributed by atoms with Gasteiger partial charge in [0.1, 0.15) is 5.82 Å². The van der Waals surface area contributed by atoms with E-state index in [4.69, 9.17) is 11.6 Å².